The van der Waals surface area contributed by atoms with Gasteiger partial charge in [0.05, 0.1) is 13.0 Å². The number of carbonyl (C=O) groups excluding carboxylic acids is 1. The quantitative estimate of drug-likeness (QED) is 0.588. The van der Waals surface area contributed by atoms with Gasteiger partial charge in [-0.3, -0.25) is 4.79 Å². The molecular weight excluding hydrogens is 212 g/mol. The lowest BCUT2D eigenvalue weighted by molar-refractivity contribution is -0.143. The van der Waals surface area contributed by atoms with Crippen molar-refractivity contribution in [2.45, 2.75) is 25.2 Å². The fraction of sp³-hybridized carbons (Fsp3) is 0.400. The van der Waals surface area contributed by atoms with Crippen LogP contribution in [0.15, 0.2) is 42.5 Å². The molecule has 1 aliphatic carbocycles. The van der Waals surface area contributed by atoms with E-state index in [9.17, 15) is 4.79 Å². The van der Waals surface area contributed by atoms with E-state index in [4.69, 9.17) is 4.74 Å². The topological polar surface area (TPSA) is 26.3 Å². The first-order valence-electron chi connectivity index (χ1n) is 6.12. The number of esters is 1. The summed E-state index contributed by atoms with van der Waals surface area (Å²) in [5, 5.41) is 0. The zero-order valence-electron chi connectivity index (χ0n) is 10.1. The number of carbonyl (C=O) groups is 1. The van der Waals surface area contributed by atoms with E-state index in [1.54, 1.807) is 0 Å². The molecule has 2 rings (SSSR count). The van der Waals surface area contributed by atoms with E-state index in [-0.39, 0.29) is 17.8 Å². The average Bonchev–Trinajstić information content (AvgIpc) is 2.41. The monoisotopic (exact) mass is 230 g/mol. The van der Waals surface area contributed by atoms with Gasteiger partial charge in [-0.05, 0) is 30.7 Å². The second kappa shape index (κ2) is 5.67. The van der Waals surface area contributed by atoms with E-state index in [0.717, 1.165) is 24.8 Å². The highest BCUT2D eigenvalue weighted by molar-refractivity contribution is 5.78. The smallest absolute Gasteiger partial charge is 0.313 e. The summed E-state index contributed by atoms with van der Waals surface area (Å²) in [6, 6.07) is 9.91. The van der Waals surface area contributed by atoms with Crippen LogP contribution in [-0.4, -0.2) is 13.1 Å². The van der Waals surface area contributed by atoms with Crippen LogP contribution in [0.2, 0.25) is 0 Å². The molecule has 1 aromatic rings. The Hall–Kier alpha value is -1.57. The highest BCUT2D eigenvalue weighted by Gasteiger charge is 2.29. The molecule has 0 fully saturated rings. The van der Waals surface area contributed by atoms with Crippen LogP contribution in [0.25, 0.3) is 0 Å². The first-order valence-corrected chi connectivity index (χ1v) is 6.12. The highest BCUT2D eigenvalue weighted by Crippen LogP contribution is 2.33. The summed E-state index contributed by atoms with van der Waals surface area (Å²) < 4.78 is 4.95. The van der Waals surface area contributed by atoms with E-state index in [1.807, 2.05) is 30.3 Å². The number of benzene rings is 1. The Morgan fingerprint density at radius 1 is 1.35 bits per heavy atom. The third-order valence-electron chi connectivity index (χ3n) is 3.33. The summed E-state index contributed by atoms with van der Waals surface area (Å²) in [4.78, 5) is 12.0. The van der Waals surface area contributed by atoms with Crippen LogP contribution in [0.4, 0.5) is 0 Å². The SMILES string of the molecule is COC(=O)C(c1ccccc1)C1C=CCCC1. The Labute approximate surface area is 102 Å². The minimum absolute atomic E-state index is 0.132. The van der Waals surface area contributed by atoms with E-state index >= 15 is 0 Å². The first kappa shape index (κ1) is 11.9. The van der Waals surface area contributed by atoms with Crippen molar-refractivity contribution in [3.63, 3.8) is 0 Å². The zero-order chi connectivity index (χ0) is 12.1. The molecule has 2 nitrogen and oxygen atoms in total. The van der Waals surface area contributed by atoms with Crippen LogP contribution in [0.1, 0.15) is 30.7 Å². The summed E-state index contributed by atoms with van der Waals surface area (Å²) in [6.07, 6.45) is 7.68. The van der Waals surface area contributed by atoms with Gasteiger partial charge in [0.15, 0.2) is 0 Å². The highest BCUT2D eigenvalue weighted by atomic mass is 16.5. The molecule has 0 aliphatic heterocycles. The number of allylic oxidation sites excluding steroid dienone is 2. The molecule has 0 spiro atoms. The number of hydrogen-bond donors (Lipinski definition) is 0. The maximum atomic E-state index is 12.0. The Bertz CT molecular complexity index is 395. The molecular formula is C15H18O2. The van der Waals surface area contributed by atoms with Crippen molar-refractivity contribution in [3.8, 4) is 0 Å². The number of rotatable bonds is 3. The lowest BCUT2D eigenvalue weighted by atomic mass is 9.80. The molecule has 90 valence electrons. The van der Waals surface area contributed by atoms with Crippen LogP contribution in [-0.2, 0) is 9.53 Å². The maximum Gasteiger partial charge on any atom is 0.313 e. The van der Waals surface area contributed by atoms with Gasteiger partial charge in [-0.15, -0.1) is 0 Å². The van der Waals surface area contributed by atoms with Gasteiger partial charge in [-0.2, -0.15) is 0 Å². The molecule has 0 radical (unpaired) electrons. The molecule has 1 aliphatic rings. The lowest BCUT2D eigenvalue weighted by Gasteiger charge is -2.25. The van der Waals surface area contributed by atoms with Crippen molar-refractivity contribution in [2.24, 2.45) is 5.92 Å². The van der Waals surface area contributed by atoms with Crippen molar-refractivity contribution >= 4 is 5.97 Å². The number of ether oxygens (including phenoxy) is 1. The predicted molar refractivity (Wildman–Crippen MR) is 67.7 cm³/mol. The molecule has 0 aromatic heterocycles. The van der Waals surface area contributed by atoms with Gasteiger partial charge < -0.3 is 4.74 Å². The fourth-order valence-electron chi connectivity index (χ4n) is 2.46. The minimum atomic E-state index is -0.155. The molecule has 0 bridgehead atoms. The van der Waals surface area contributed by atoms with Crippen molar-refractivity contribution in [2.75, 3.05) is 7.11 Å². The second-order valence-corrected chi connectivity index (χ2v) is 4.43. The van der Waals surface area contributed by atoms with Gasteiger partial charge in [0, 0.05) is 0 Å². The van der Waals surface area contributed by atoms with Crippen molar-refractivity contribution in [3.05, 3.63) is 48.0 Å². The van der Waals surface area contributed by atoms with Crippen LogP contribution in [0.3, 0.4) is 0 Å². The van der Waals surface area contributed by atoms with Crippen LogP contribution in [0, 0.1) is 5.92 Å². The van der Waals surface area contributed by atoms with E-state index < -0.39 is 0 Å². The minimum Gasteiger partial charge on any atom is -0.469 e. The van der Waals surface area contributed by atoms with Crippen LogP contribution < -0.4 is 0 Å². The van der Waals surface area contributed by atoms with E-state index in [1.165, 1.54) is 7.11 Å². The summed E-state index contributed by atoms with van der Waals surface area (Å²) in [7, 11) is 1.46. The third kappa shape index (κ3) is 2.76. The molecule has 2 unspecified atom stereocenters. The molecule has 0 heterocycles. The molecule has 2 heteroatoms. The largest absolute Gasteiger partial charge is 0.469 e. The van der Waals surface area contributed by atoms with Crippen molar-refractivity contribution in [1.82, 2.24) is 0 Å². The summed E-state index contributed by atoms with van der Waals surface area (Å²) >= 11 is 0. The van der Waals surface area contributed by atoms with E-state index in [0.29, 0.717) is 0 Å². The average molecular weight is 230 g/mol. The number of methoxy groups -OCH3 is 1. The summed E-state index contributed by atoms with van der Waals surface area (Å²) in [5.74, 6) is -0.0101. The van der Waals surface area contributed by atoms with Gasteiger partial charge in [0.25, 0.3) is 0 Å². The van der Waals surface area contributed by atoms with Crippen molar-refractivity contribution < 1.29 is 9.53 Å². The number of hydrogen-bond acceptors (Lipinski definition) is 2. The van der Waals surface area contributed by atoms with Crippen molar-refractivity contribution in [1.29, 1.82) is 0 Å². The maximum absolute atomic E-state index is 12.0. The standard InChI is InChI=1S/C15H18O2/c1-17-15(16)14(12-8-4-2-5-9-12)13-10-6-3-7-11-13/h2,4-6,8-10,13-14H,3,7,11H2,1H3. The molecule has 0 saturated heterocycles. The van der Waals surface area contributed by atoms with Crippen LogP contribution >= 0.6 is 0 Å². The Morgan fingerprint density at radius 3 is 2.71 bits per heavy atom. The third-order valence-corrected chi connectivity index (χ3v) is 3.33. The predicted octanol–water partition coefficient (Wildman–Crippen LogP) is 3.30. The van der Waals surface area contributed by atoms with Gasteiger partial charge >= 0.3 is 5.97 Å². The van der Waals surface area contributed by atoms with Gasteiger partial charge in [0.1, 0.15) is 0 Å². The second-order valence-electron chi connectivity index (χ2n) is 4.43. The lowest BCUT2D eigenvalue weighted by Crippen LogP contribution is -2.23. The fourth-order valence-corrected chi connectivity index (χ4v) is 2.46. The van der Waals surface area contributed by atoms with Gasteiger partial charge in [-0.1, -0.05) is 42.5 Å². The molecule has 0 amide bonds. The Balaban J connectivity index is 2.28. The molecule has 2 atom stereocenters. The zero-order valence-corrected chi connectivity index (χ0v) is 10.1. The van der Waals surface area contributed by atoms with Gasteiger partial charge in [-0.25, -0.2) is 0 Å². The first-order chi connectivity index (χ1) is 8.33. The molecule has 17 heavy (non-hydrogen) atoms. The Kier molecular flexibility index (Phi) is 3.97. The van der Waals surface area contributed by atoms with Crippen LogP contribution in [0.5, 0.6) is 0 Å². The van der Waals surface area contributed by atoms with E-state index in [2.05, 4.69) is 12.2 Å². The molecule has 0 N–H and O–H groups in total. The van der Waals surface area contributed by atoms with Gasteiger partial charge in [0.2, 0.25) is 0 Å². The summed E-state index contributed by atoms with van der Waals surface area (Å²) in [6.45, 7) is 0. The molecule has 1 aromatic carbocycles. The molecule has 0 saturated carbocycles. The summed E-state index contributed by atoms with van der Waals surface area (Å²) in [5.41, 5.74) is 1.05. The Morgan fingerprint density at radius 2 is 2.12 bits per heavy atom. The normalized spacial score (nSPS) is 20.9.